The lowest BCUT2D eigenvalue weighted by molar-refractivity contribution is -0.000648. The van der Waals surface area contributed by atoms with Crippen molar-refractivity contribution in [1.82, 2.24) is 5.32 Å². The molecule has 0 unspecified atom stereocenters. The molecule has 0 atom stereocenters. The second kappa shape index (κ2) is 7.59. The molecule has 0 aliphatic heterocycles. The monoisotopic (exact) mass is 417 g/mol. The highest BCUT2D eigenvalue weighted by atomic mass is 32.1. The average Bonchev–Trinajstić information content (AvgIpc) is 2.97. The first kappa shape index (κ1) is 19.4. The van der Waals surface area contributed by atoms with Gasteiger partial charge in [0.15, 0.2) is 5.75 Å². The first-order valence-corrected chi connectivity index (χ1v) is 11.6. The Kier molecular flexibility index (Phi) is 4.90. The van der Waals surface area contributed by atoms with Crippen molar-refractivity contribution in [3.05, 3.63) is 69.9 Å². The number of rotatable bonds is 5. The number of nitrogens with one attached hydrogen (secondary N) is 1. The van der Waals surface area contributed by atoms with Crippen LogP contribution in [0.1, 0.15) is 52.2 Å². The number of hydrogen-bond acceptors (Lipinski definition) is 3. The van der Waals surface area contributed by atoms with Crippen LogP contribution in [0.4, 0.5) is 0 Å². The SMILES string of the molecule is Cc1sc(C)c(C(=O)NC2CC3(CCC3)C2)c1Oc1ccc(-c2ccccc2)cc1. The van der Waals surface area contributed by atoms with Crippen LogP contribution in [-0.4, -0.2) is 11.9 Å². The van der Waals surface area contributed by atoms with Crippen LogP contribution in [0.5, 0.6) is 11.5 Å². The van der Waals surface area contributed by atoms with E-state index in [-0.39, 0.29) is 5.91 Å². The maximum absolute atomic E-state index is 13.1. The van der Waals surface area contributed by atoms with Gasteiger partial charge in [-0.15, -0.1) is 11.3 Å². The summed E-state index contributed by atoms with van der Waals surface area (Å²) in [5, 5.41) is 3.25. The fourth-order valence-electron chi connectivity index (χ4n) is 4.94. The predicted octanol–water partition coefficient (Wildman–Crippen LogP) is 6.89. The van der Waals surface area contributed by atoms with E-state index in [1.54, 1.807) is 11.3 Å². The molecule has 1 heterocycles. The number of carbonyl (C=O) groups excluding carboxylic acids is 1. The third-order valence-electron chi connectivity index (χ3n) is 6.72. The smallest absolute Gasteiger partial charge is 0.256 e. The quantitative estimate of drug-likeness (QED) is 0.491. The van der Waals surface area contributed by atoms with Crippen LogP contribution < -0.4 is 10.1 Å². The van der Waals surface area contributed by atoms with Crippen molar-refractivity contribution < 1.29 is 9.53 Å². The van der Waals surface area contributed by atoms with Gasteiger partial charge in [-0.05, 0) is 68.2 Å². The lowest BCUT2D eigenvalue weighted by Crippen LogP contribution is -2.53. The zero-order valence-corrected chi connectivity index (χ0v) is 18.4. The van der Waals surface area contributed by atoms with Crippen molar-refractivity contribution in [3.63, 3.8) is 0 Å². The van der Waals surface area contributed by atoms with Crippen molar-refractivity contribution in [2.75, 3.05) is 0 Å². The van der Waals surface area contributed by atoms with Crippen LogP contribution in [-0.2, 0) is 0 Å². The molecule has 154 valence electrons. The summed E-state index contributed by atoms with van der Waals surface area (Å²) in [4.78, 5) is 15.1. The maximum Gasteiger partial charge on any atom is 0.256 e. The van der Waals surface area contributed by atoms with Crippen LogP contribution >= 0.6 is 11.3 Å². The first-order valence-electron chi connectivity index (χ1n) is 10.8. The van der Waals surface area contributed by atoms with Gasteiger partial charge in [0.1, 0.15) is 5.75 Å². The van der Waals surface area contributed by atoms with Gasteiger partial charge >= 0.3 is 0 Å². The number of aryl methyl sites for hydroxylation is 2. The molecule has 3 aromatic rings. The number of hydrogen-bond donors (Lipinski definition) is 1. The molecule has 3 nitrogen and oxygen atoms in total. The van der Waals surface area contributed by atoms with Gasteiger partial charge in [0, 0.05) is 15.8 Å². The Bertz CT molecular complexity index is 1060. The molecule has 2 aliphatic rings. The van der Waals surface area contributed by atoms with Crippen molar-refractivity contribution in [2.24, 2.45) is 5.41 Å². The van der Waals surface area contributed by atoms with E-state index in [9.17, 15) is 4.79 Å². The second-order valence-corrected chi connectivity index (χ2v) is 10.3. The third kappa shape index (κ3) is 3.54. The van der Waals surface area contributed by atoms with E-state index in [0.717, 1.165) is 33.9 Å². The summed E-state index contributed by atoms with van der Waals surface area (Å²) in [5.41, 5.74) is 3.57. The van der Waals surface area contributed by atoms with Crippen molar-refractivity contribution >= 4 is 17.2 Å². The molecule has 4 heteroatoms. The first-order chi connectivity index (χ1) is 14.5. The average molecular weight is 418 g/mol. The normalized spacial score (nSPS) is 17.3. The molecule has 0 bridgehead atoms. The van der Waals surface area contributed by atoms with Crippen LogP contribution in [0.3, 0.4) is 0 Å². The van der Waals surface area contributed by atoms with Crippen LogP contribution in [0.15, 0.2) is 54.6 Å². The van der Waals surface area contributed by atoms with Crippen molar-refractivity contribution in [2.45, 2.75) is 52.0 Å². The molecule has 2 aliphatic carbocycles. The molecule has 2 saturated carbocycles. The maximum atomic E-state index is 13.1. The fraction of sp³-hybridized carbons (Fsp3) is 0.346. The van der Waals surface area contributed by atoms with Gasteiger partial charge < -0.3 is 10.1 Å². The highest BCUT2D eigenvalue weighted by molar-refractivity contribution is 7.12. The Morgan fingerprint density at radius 1 is 0.967 bits per heavy atom. The summed E-state index contributed by atoms with van der Waals surface area (Å²) in [6.07, 6.45) is 6.30. The number of carbonyl (C=O) groups is 1. The topological polar surface area (TPSA) is 38.3 Å². The highest BCUT2D eigenvalue weighted by Gasteiger charge is 2.48. The van der Waals surface area contributed by atoms with Gasteiger partial charge in [-0.2, -0.15) is 0 Å². The van der Waals surface area contributed by atoms with E-state index in [1.807, 2.05) is 44.2 Å². The van der Waals surface area contributed by atoms with Gasteiger partial charge in [-0.1, -0.05) is 48.9 Å². The van der Waals surface area contributed by atoms with Gasteiger partial charge in [0.05, 0.1) is 5.56 Å². The number of ether oxygens (including phenoxy) is 1. The molecule has 1 N–H and O–H groups in total. The van der Waals surface area contributed by atoms with Gasteiger partial charge in [0.2, 0.25) is 0 Å². The summed E-state index contributed by atoms with van der Waals surface area (Å²) in [6, 6.07) is 18.7. The zero-order valence-electron chi connectivity index (χ0n) is 17.5. The summed E-state index contributed by atoms with van der Waals surface area (Å²) >= 11 is 1.63. The summed E-state index contributed by atoms with van der Waals surface area (Å²) in [7, 11) is 0. The summed E-state index contributed by atoms with van der Waals surface area (Å²) in [5.74, 6) is 1.45. The highest BCUT2D eigenvalue weighted by Crippen LogP contribution is 2.55. The van der Waals surface area contributed by atoms with Gasteiger partial charge in [-0.3, -0.25) is 4.79 Å². The molecule has 1 aromatic heterocycles. The van der Waals surface area contributed by atoms with Crippen LogP contribution in [0, 0.1) is 19.3 Å². The molecule has 0 radical (unpaired) electrons. The van der Waals surface area contributed by atoms with Crippen molar-refractivity contribution in [1.29, 1.82) is 0 Å². The Morgan fingerprint density at radius 2 is 1.63 bits per heavy atom. The van der Waals surface area contributed by atoms with Gasteiger partial charge in [-0.25, -0.2) is 0 Å². The molecule has 30 heavy (non-hydrogen) atoms. The predicted molar refractivity (Wildman–Crippen MR) is 123 cm³/mol. The van der Waals surface area contributed by atoms with E-state index >= 15 is 0 Å². The minimum Gasteiger partial charge on any atom is -0.455 e. The van der Waals surface area contributed by atoms with E-state index in [4.69, 9.17) is 4.74 Å². The Balaban J connectivity index is 1.32. The van der Waals surface area contributed by atoms with Crippen LogP contribution in [0.25, 0.3) is 11.1 Å². The Hall–Kier alpha value is -2.59. The van der Waals surface area contributed by atoms with E-state index in [0.29, 0.717) is 22.8 Å². The zero-order chi connectivity index (χ0) is 20.7. The number of benzene rings is 2. The lowest BCUT2D eigenvalue weighted by atomic mass is 9.54. The minimum atomic E-state index is 0.00642. The second-order valence-electron chi connectivity index (χ2n) is 8.84. The minimum absolute atomic E-state index is 0.00642. The summed E-state index contributed by atoms with van der Waals surface area (Å²) in [6.45, 7) is 4.03. The molecular weight excluding hydrogens is 390 g/mol. The van der Waals surface area contributed by atoms with E-state index in [1.165, 1.54) is 24.8 Å². The summed E-state index contributed by atoms with van der Waals surface area (Å²) < 4.78 is 6.23. The Morgan fingerprint density at radius 3 is 2.27 bits per heavy atom. The molecule has 1 amide bonds. The molecule has 2 fully saturated rings. The van der Waals surface area contributed by atoms with Gasteiger partial charge in [0.25, 0.3) is 5.91 Å². The molecular formula is C26H27NO2S. The lowest BCUT2D eigenvalue weighted by Gasteiger charge is -2.54. The van der Waals surface area contributed by atoms with Crippen LogP contribution in [0.2, 0.25) is 0 Å². The standard InChI is InChI=1S/C26H27NO2S/c1-17-23(25(28)27-21-15-26(16-21)13-6-14-26)24(18(2)30-17)29-22-11-9-20(10-12-22)19-7-4-3-5-8-19/h3-5,7-12,21H,6,13-16H2,1-2H3,(H,27,28). The molecule has 0 saturated heterocycles. The van der Waals surface area contributed by atoms with Crippen molar-refractivity contribution in [3.8, 4) is 22.6 Å². The largest absolute Gasteiger partial charge is 0.455 e. The van der Waals surface area contributed by atoms with E-state index < -0.39 is 0 Å². The molecule has 1 spiro atoms. The molecule has 2 aromatic carbocycles. The fourth-order valence-corrected chi connectivity index (χ4v) is 5.93. The van der Waals surface area contributed by atoms with E-state index in [2.05, 4.69) is 29.6 Å². The third-order valence-corrected chi connectivity index (χ3v) is 7.72. The number of thiophene rings is 1. The number of amides is 1. The Labute approximate surface area is 182 Å². The molecule has 5 rings (SSSR count).